The summed E-state index contributed by atoms with van der Waals surface area (Å²) >= 11 is 6.43. The van der Waals surface area contributed by atoms with Crippen LogP contribution in [0.1, 0.15) is 87.2 Å². The SMILES string of the molecule is CCCCO[C@H]1/C=C/C[C@H](C)[C@@H](C)S(=O)(=O)NC(=O)c2ccc3c(c2)N(C[C@@H]2CC[C@H]21)C[C@@]1(CCCc2cc(Cl)ccc21)CO3. The molecule has 0 radical (unpaired) electrons. The highest BCUT2D eigenvalue weighted by atomic mass is 35.5. The number of nitrogens with one attached hydrogen (secondary N) is 1. The third-order valence-corrected chi connectivity index (χ3v) is 13.0. The second-order valence-corrected chi connectivity index (χ2v) is 16.3. The number of fused-ring (bicyclic) bond motifs is 4. The molecule has 1 spiro atoms. The lowest BCUT2D eigenvalue weighted by molar-refractivity contribution is -0.0150. The Bertz CT molecular complexity index is 1540. The molecule has 2 bridgehead atoms. The van der Waals surface area contributed by atoms with Gasteiger partial charge in [-0.15, -0.1) is 0 Å². The van der Waals surface area contributed by atoms with Crippen molar-refractivity contribution in [2.45, 2.75) is 88.9 Å². The number of carbonyl (C=O) groups is 1. The van der Waals surface area contributed by atoms with Crippen LogP contribution in [0.3, 0.4) is 0 Å². The van der Waals surface area contributed by atoms with E-state index < -0.39 is 21.2 Å². The van der Waals surface area contributed by atoms with Crippen LogP contribution in [0.4, 0.5) is 5.69 Å². The number of amides is 1. The zero-order chi connectivity index (χ0) is 31.8. The van der Waals surface area contributed by atoms with E-state index in [1.54, 1.807) is 13.0 Å². The van der Waals surface area contributed by atoms with Gasteiger partial charge in [0, 0.05) is 35.7 Å². The van der Waals surface area contributed by atoms with Crippen molar-refractivity contribution in [2.24, 2.45) is 17.8 Å². The summed E-state index contributed by atoms with van der Waals surface area (Å²) in [6, 6.07) is 11.6. The van der Waals surface area contributed by atoms with Gasteiger partial charge < -0.3 is 14.4 Å². The molecule has 0 unspecified atom stereocenters. The number of sulfonamides is 1. The van der Waals surface area contributed by atoms with Crippen molar-refractivity contribution in [2.75, 3.05) is 31.2 Å². The minimum atomic E-state index is -3.90. The molecule has 1 amide bonds. The molecule has 45 heavy (non-hydrogen) atoms. The third-order valence-electron chi connectivity index (χ3n) is 10.8. The van der Waals surface area contributed by atoms with Gasteiger partial charge in [-0.2, -0.15) is 0 Å². The monoisotopic (exact) mass is 654 g/mol. The van der Waals surface area contributed by atoms with E-state index in [0.29, 0.717) is 37.0 Å². The summed E-state index contributed by atoms with van der Waals surface area (Å²) in [4.78, 5) is 15.9. The molecule has 2 aromatic carbocycles. The van der Waals surface area contributed by atoms with Crippen LogP contribution < -0.4 is 14.4 Å². The summed E-state index contributed by atoms with van der Waals surface area (Å²) < 4.78 is 42.1. The maximum atomic E-state index is 13.4. The van der Waals surface area contributed by atoms with E-state index in [1.807, 2.05) is 25.1 Å². The van der Waals surface area contributed by atoms with Crippen LogP contribution in [-0.2, 0) is 26.6 Å². The van der Waals surface area contributed by atoms with E-state index in [-0.39, 0.29) is 17.4 Å². The van der Waals surface area contributed by atoms with Crippen molar-refractivity contribution in [3.8, 4) is 5.75 Å². The van der Waals surface area contributed by atoms with Gasteiger partial charge in [0.1, 0.15) is 5.75 Å². The number of hydrogen-bond donors (Lipinski definition) is 1. The van der Waals surface area contributed by atoms with Crippen molar-refractivity contribution in [1.29, 1.82) is 0 Å². The van der Waals surface area contributed by atoms with Gasteiger partial charge in [-0.1, -0.05) is 50.1 Å². The highest BCUT2D eigenvalue weighted by Crippen LogP contribution is 2.47. The Balaban J connectivity index is 1.41. The Morgan fingerprint density at radius 2 is 2.00 bits per heavy atom. The Kier molecular flexibility index (Phi) is 9.56. The summed E-state index contributed by atoms with van der Waals surface area (Å²) in [5, 5.41) is 0.0118. The molecule has 2 aromatic rings. The Hall–Kier alpha value is -2.55. The first kappa shape index (κ1) is 32.4. The highest BCUT2D eigenvalue weighted by Gasteiger charge is 2.44. The Morgan fingerprint density at radius 1 is 1.16 bits per heavy atom. The Labute approximate surface area is 273 Å². The lowest BCUT2D eigenvalue weighted by Gasteiger charge is -2.46. The van der Waals surface area contributed by atoms with Crippen LogP contribution in [-0.4, -0.2) is 52.0 Å². The molecule has 9 heteroatoms. The molecule has 244 valence electrons. The number of nitrogens with zero attached hydrogens (tertiary/aromatic N) is 1. The number of rotatable bonds is 4. The molecule has 1 saturated carbocycles. The van der Waals surface area contributed by atoms with Crippen LogP contribution >= 0.6 is 11.6 Å². The standard InChI is InChI=1S/C36H47ClN2O5S/c1-4-5-18-43-33-10-6-8-24(2)25(3)45(41,42)38-35(40)27-12-16-34-32(20-27)39(21-28-11-14-30(28)33)22-36(23-44-34)17-7-9-26-19-29(37)13-15-31(26)36/h6,10,12-13,15-16,19-20,24-25,28,30,33H,4-5,7-9,11,14,17-18,21-23H2,1-3H3,(H,38,40)/b10-6+/t24-,25+,28-,30+,33-,36-/m0/s1. The van der Waals surface area contributed by atoms with Gasteiger partial charge in [-0.25, -0.2) is 13.1 Å². The van der Waals surface area contributed by atoms with E-state index in [0.717, 1.165) is 74.5 Å². The normalized spacial score (nSPS) is 31.9. The van der Waals surface area contributed by atoms with Gasteiger partial charge in [0.25, 0.3) is 5.91 Å². The number of unbranched alkanes of at least 4 members (excludes halogenated alkanes) is 1. The molecule has 0 saturated heterocycles. The average molecular weight is 655 g/mol. The van der Waals surface area contributed by atoms with Crippen LogP contribution in [0, 0.1) is 17.8 Å². The quantitative estimate of drug-likeness (QED) is 0.281. The molecule has 1 N–H and O–H groups in total. The van der Waals surface area contributed by atoms with E-state index in [2.05, 4.69) is 40.8 Å². The number of anilines is 1. The molecule has 2 aliphatic carbocycles. The number of carbonyl (C=O) groups excluding carboxylic acids is 1. The first-order valence-corrected chi connectivity index (χ1v) is 18.7. The average Bonchev–Trinajstić information content (AvgIpc) is 3.15. The van der Waals surface area contributed by atoms with Crippen molar-refractivity contribution >= 4 is 33.2 Å². The molecule has 1 fully saturated rings. The zero-order valence-corrected chi connectivity index (χ0v) is 28.3. The molecular weight excluding hydrogens is 608 g/mol. The molecule has 2 heterocycles. The van der Waals surface area contributed by atoms with Gasteiger partial charge in [-0.3, -0.25) is 4.79 Å². The van der Waals surface area contributed by atoms with Crippen molar-refractivity contribution in [3.63, 3.8) is 0 Å². The van der Waals surface area contributed by atoms with E-state index in [9.17, 15) is 13.2 Å². The van der Waals surface area contributed by atoms with Gasteiger partial charge in [0.2, 0.25) is 10.0 Å². The zero-order valence-electron chi connectivity index (χ0n) is 26.8. The lowest BCUT2D eigenvalue weighted by Crippen LogP contribution is -2.49. The minimum absolute atomic E-state index is 0.0115. The second-order valence-electron chi connectivity index (χ2n) is 13.8. The van der Waals surface area contributed by atoms with Gasteiger partial charge in [0.05, 0.1) is 23.6 Å². The van der Waals surface area contributed by atoms with E-state index in [4.69, 9.17) is 21.1 Å². The molecule has 0 aromatic heterocycles. The second kappa shape index (κ2) is 13.3. The highest BCUT2D eigenvalue weighted by molar-refractivity contribution is 7.90. The summed E-state index contributed by atoms with van der Waals surface area (Å²) in [5.41, 5.74) is 3.50. The fraction of sp³-hybridized carbons (Fsp3) is 0.583. The van der Waals surface area contributed by atoms with E-state index >= 15 is 0 Å². The summed E-state index contributed by atoms with van der Waals surface area (Å²) in [6.45, 7) is 8.57. The number of aryl methyl sites for hydroxylation is 1. The first-order chi connectivity index (χ1) is 21.6. The minimum Gasteiger partial charge on any atom is -0.490 e. The lowest BCUT2D eigenvalue weighted by atomic mass is 9.68. The molecule has 6 rings (SSSR count). The predicted molar refractivity (Wildman–Crippen MR) is 180 cm³/mol. The van der Waals surface area contributed by atoms with Crippen molar-refractivity contribution < 1.29 is 22.7 Å². The fourth-order valence-electron chi connectivity index (χ4n) is 7.68. The number of hydrogen-bond acceptors (Lipinski definition) is 6. The van der Waals surface area contributed by atoms with Gasteiger partial charge >= 0.3 is 0 Å². The third kappa shape index (κ3) is 6.66. The summed E-state index contributed by atoms with van der Waals surface area (Å²) in [7, 11) is -3.90. The summed E-state index contributed by atoms with van der Waals surface area (Å²) in [6.07, 6.45) is 12.2. The fourth-order valence-corrected chi connectivity index (χ4v) is 9.16. The van der Waals surface area contributed by atoms with Gasteiger partial charge in [0.15, 0.2) is 0 Å². The van der Waals surface area contributed by atoms with E-state index in [1.165, 1.54) is 11.1 Å². The van der Waals surface area contributed by atoms with Crippen LogP contribution in [0.25, 0.3) is 0 Å². The molecule has 4 aliphatic rings. The maximum Gasteiger partial charge on any atom is 0.264 e. The van der Waals surface area contributed by atoms with Crippen LogP contribution in [0.15, 0.2) is 48.6 Å². The smallest absolute Gasteiger partial charge is 0.264 e. The first-order valence-electron chi connectivity index (χ1n) is 16.7. The molecule has 7 nitrogen and oxygen atoms in total. The maximum absolute atomic E-state index is 13.4. The predicted octanol–water partition coefficient (Wildman–Crippen LogP) is 7.07. The number of benzene rings is 2. The van der Waals surface area contributed by atoms with Crippen molar-refractivity contribution in [3.05, 3.63) is 70.3 Å². The van der Waals surface area contributed by atoms with Gasteiger partial charge in [-0.05, 0) is 111 Å². The number of ether oxygens (including phenoxy) is 2. The van der Waals surface area contributed by atoms with Crippen molar-refractivity contribution in [1.82, 2.24) is 4.72 Å². The largest absolute Gasteiger partial charge is 0.490 e. The topological polar surface area (TPSA) is 84.9 Å². The molecule has 2 aliphatic heterocycles. The molecule has 6 atom stereocenters. The van der Waals surface area contributed by atoms with Crippen LogP contribution in [0.5, 0.6) is 5.75 Å². The number of halogens is 1. The number of allylic oxidation sites excluding steroid dienone is 1. The molecular formula is C36H47ClN2O5S. The van der Waals surface area contributed by atoms with Crippen LogP contribution in [0.2, 0.25) is 5.02 Å². The summed E-state index contributed by atoms with van der Waals surface area (Å²) in [5.74, 6) is 0.729. The Morgan fingerprint density at radius 3 is 2.78 bits per heavy atom.